The molecular formula is C21H24ClN3O3S. The maximum Gasteiger partial charge on any atom is 0.309 e. The third-order valence-corrected chi connectivity index (χ3v) is 6.58. The number of hydrogen-bond acceptors (Lipinski definition) is 4. The Kier molecular flexibility index (Phi) is 7.28. The quantitative estimate of drug-likeness (QED) is 0.587. The summed E-state index contributed by atoms with van der Waals surface area (Å²) in [6.45, 7) is 0.525. The molecule has 2 aromatic rings. The molecule has 1 aromatic heterocycles. The molecule has 0 bridgehead atoms. The highest BCUT2D eigenvalue weighted by Crippen LogP contribution is 2.42. The molecule has 8 heteroatoms. The van der Waals surface area contributed by atoms with Crippen LogP contribution < -0.4 is 16.0 Å². The Balaban J connectivity index is 1.41. The average Bonchev–Trinajstić information content (AvgIpc) is 3.42. The van der Waals surface area contributed by atoms with Crippen LogP contribution in [0.15, 0.2) is 41.8 Å². The number of thiophene rings is 1. The van der Waals surface area contributed by atoms with Gasteiger partial charge in [-0.25, -0.2) is 0 Å². The van der Waals surface area contributed by atoms with Crippen molar-refractivity contribution in [1.29, 1.82) is 0 Å². The molecule has 29 heavy (non-hydrogen) atoms. The van der Waals surface area contributed by atoms with E-state index in [2.05, 4.69) is 27.4 Å². The van der Waals surface area contributed by atoms with E-state index >= 15 is 0 Å². The molecule has 3 rings (SSSR count). The summed E-state index contributed by atoms with van der Waals surface area (Å²) in [5.74, 6) is -1.91. The smallest absolute Gasteiger partial charge is 0.309 e. The first-order valence-electron chi connectivity index (χ1n) is 9.60. The van der Waals surface area contributed by atoms with E-state index in [9.17, 15) is 14.4 Å². The van der Waals surface area contributed by atoms with Crippen LogP contribution in [0.5, 0.6) is 0 Å². The molecule has 0 saturated heterocycles. The van der Waals surface area contributed by atoms with E-state index in [1.165, 1.54) is 4.88 Å². The molecule has 0 spiro atoms. The van der Waals surface area contributed by atoms with Crippen LogP contribution in [0.2, 0.25) is 5.02 Å². The molecule has 0 atom stereocenters. The van der Waals surface area contributed by atoms with Gasteiger partial charge in [0.05, 0.1) is 6.54 Å². The normalized spacial score (nSPS) is 14.9. The molecule has 1 aromatic carbocycles. The number of carbonyl (C=O) groups is 3. The van der Waals surface area contributed by atoms with Crippen molar-refractivity contribution >= 4 is 40.7 Å². The standard InChI is InChI=1S/C21H24ClN3O3S/c22-16-7-5-15(6-8-16)12-23-19(27)20(28)24-13-18(26)25-14-21(9-1-2-10-21)17-4-3-11-29-17/h3-8,11H,1-2,9-10,12-14H2,(H,23,27)(H,24,28)(H,25,26). The first kappa shape index (κ1) is 21.3. The van der Waals surface area contributed by atoms with Gasteiger partial charge < -0.3 is 16.0 Å². The molecule has 3 amide bonds. The van der Waals surface area contributed by atoms with Gasteiger partial charge in [0, 0.05) is 28.4 Å². The Hall–Kier alpha value is -2.38. The average molecular weight is 434 g/mol. The molecule has 1 saturated carbocycles. The minimum absolute atomic E-state index is 0.0101. The van der Waals surface area contributed by atoms with E-state index in [1.54, 1.807) is 35.6 Å². The summed E-state index contributed by atoms with van der Waals surface area (Å²) < 4.78 is 0. The first-order valence-corrected chi connectivity index (χ1v) is 10.9. The highest BCUT2D eigenvalue weighted by atomic mass is 35.5. The van der Waals surface area contributed by atoms with Gasteiger partial charge in [0.25, 0.3) is 0 Å². The Labute approximate surface area is 179 Å². The van der Waals surface area contributed by atoms with Crippen molar-refractivity contribution < 1.29 is 14.4 Å². The van der Waals surface area contributed by atoms with E-state index in [-0.39, 0.29) is 24.4 Å². The summed E-state index contributed by atoms with van der Waals surface area (Å²) in [5.41, 5.74) is 0.813. The molecule has 0 radical (unpaired) electrons. The lowest BCUT2D eigenvalue weighted by Gasteiger charge is -2.28. The van der Waals surface area contributed by atoms with Crippen molar-refractivity contribution in [2.24, 2.45) is 0 Å². The van der Waals surface area contributed by atoms with Gasteiger partial charge >= 0.3 is 11.8 Å². The number of nitrogens with one attached hydrogen (secondary N) is 3. The van der Waals surface area contributed by atoms with Crippen LogP contribution in [0.1, 0.15) is 36.1 Å². The van der Waals surface area contributed by atoms with Crippen molar-refractivity contribution in [3.05, 3.63) is 57.2 Å². The summed E-state index contributed by atoms with van der Waals surface area (Å²) in [7, 11) is 0. The van der Waals surface area contributed by atoms with E-state index in [1.807, 2.05) is 6.07 Å². The van der Waals surface area contributed by atoms with Gasteiger partial charge in [0.1, 0.15) is 0 Å². The van der Waals surface area contributed by atoms with Crippen LogP contribution in [-0.2, 0) is 26.3 Å². The van der Waals surface area contributed by atoms with Crippen LogP contribution in [-0.4, -0.2) is 30.8 Å². The van der Waals surface area contributed by atoms with Gasteiger partial charge in [-0.05, 0) is 42.0 Å². The van der Waals surface area contributed by atoms with Crippen molar-refractivity contribution in [3.8, 4) is 0 Å². The number of benzene rings is 1. The molecule has 1 heterocycles. The van der Waals surface area contributed by atoms with Gasteiger partial charge in [-0.15, -0.1) is 11.3 Å². The van der Waals surface area contributed by atoms with Gasteiger partial charge in [0.15, 0.2) is 0 Å². The van der Waals surface area contributed by atoms with Crippen LogP contribution in [0, 0.1) is 0 Å². The SMILES string of the molecule is O=C(CNC(=O)C(=O)NCc1ccc(Cl)cc1)NCC1(c2cccs2)CCCC1. The molecule has 0 aliphatic heterocycles. The number of amides is 3. The number of hydrogen-bond donors (Lipinski definition) is 3. The minimum Gasteiger partial charge on any atom is -0.354 e. The van der Waals surface area contributed by atoms with Crippen molar-refractivity contribution in [2.45, 2.75) is 37.6 Å². The van der Waals surface area contributed by atoms with Gasteiger partial charge in [0.2, 0.25) is 5.91 Å². The van der Waals surface area contributed by atoms with Crippen molar-refractivity contribution in [3.63, 3.8) is 0 Å². The number of rotatable bonds is 7. The third-order valence-electron chi connectivity index (χ3n) is 5.21. The first-order chi connectivity index (χ1) is 14.0. The lowest BCUT2D eigenvalue weighted by molar-refractivity contribution is -0.139. The second kappa shape index (κ2) is 9.89. The van der Waals surface area contributed by atoms with E-state index in [0.717, 1.165) is 31.2 Å². The van der Waals surface area contributed by atoms with Crippen LogP contribution in [0.4, 0.5) is 0 Å². The maximum atomic E-state index is 12.2. The van der Waals surface area contributed by atoms with Crippen LogP contribution in [0.3, 0.4) is 0 Å². The zero-order valence-electron chi connectivity index (χ0n) is 16.0. The molecular weight excluding hydrogens is 410 g/mol. The molecule has 154 valence electrons. The Morgan fingerprint density at radius 2 is 1.66 bits per heavy atom. The Morgan fingerprint density at radius 1 is 0.966 bits per heavy atom. The maximum absolute atomic E-state index is 12.2. The van der Waals surface area contributed by atoms with Crippen LogP contribution in [0.25, 0.3) is 0 Å². The predicted octanol–water partition coefficient (Wildman–Crippen LogP) is 2.76. The second-order valence-electron chi connectivity index (χ2n) is 7.23. The van der Waals surface area contributed by atoms with Crippen LogP contribution >= 0.6 is 22.9 Å². The highest BCUT2D eigenvalue weighted by Gasteiger charge is 2.36. The highest BCUT2D eigenvalue weighted by molar-refractivity contribution is 7.10. The lowest BCUT2D eigenvalue weighted by Crippen LogP contribution is -2.46. The molecule has 1 fully saturated rings. The molecule has 3 N–H and O–H groups in total. The predicted molar refractivity (Wildman–Crippen MR) is 114 cm³/mol. The van der Waals surface area contributed by atoms with E-state index < -0.39 is 11.8 Å². The summed E-state index contributed by atoms with van der Waals surface area (Å²) in [6, 6.07) is 11.1. The number of halogens is 1. The third kappa shape index (κ3) is 5.81. The summed E-state index contributed by atoms with van der Waals surface area (Å²) in [5, 5.41) is 10.5. The van der Waals surface area contributed by atoms with E-state index in [4.69, 9.17) is 11.6 Å². The summed E-state index contributed by atoms with van der Waals surface area (Å²) in [4.78, 5) is 37.3. The monoisotopic (exact) mass is 433 g/mol. The fourth-order valence-corrected chi connectivity index (χ4v) is 4.69. The van der Waals surface area contributed by atoms with E-state index in [0.29, 0.717) is 11.6 Å². The number of carbonyl (C=O) groups excluding carboxylic acids is 3. The Morgan fingerprint density at radius 3 is 2.31 bits per heavy atom. The molecule has 0 unspecified atom stereocenters. The van der Waals surface area contributed by atoms with Crippen molar-refractivity contribution in [2.75, 3.05) is 13.1 Å². The lowest BCUT2D eigenvalue weighted by atomic mass is 9.84. The van der Waals surface area contributed by atoms with Crippen molar-refractivity contribution in [1.82, 2.24) is 16.0 Å². The minimum atomic E-state index is -0.831. The summed E-state index contributed by atoms with van der Waals surface area (Å²) >= 11 is 7.53. The van der Waals surface area contributed by atoms with Gasteiger partial charge in [-0.3, -0.25) is 14.4 Å². The van der Waals surface area contributed by atoms with Gasteiger partial charge in [-0.1, -0.05) is 42.6 Å². The summed E-state index contributed by atoms with van der Waals surface area (Å²) in [6.07, 6.45) is 4.40. The topological polar surface area (TPSA) is 87.3 Å². The largest absolute Gasteiger partial charge is 0.354 e. The Bertz CT molecular complexity index is 847. The molecule has 1 aliphatic rings. The molecule has 1 aliphatic carbocycles. The van der Waals surface area contributed by atoms with Gasteiger partial charge in [-0.2, -0.15) is 0 Å². The second-order valence-corrected chi connectivity index (χ2v) is 8.62. The fourth-order valence-electron chi connectivity index (χ4n) is 3.58. The zero-order valence-corrected chi connectivity index (χ0v) is 17.6. The zero-order chi connectivity index (χ0) is 20.7. The fraction of sp³-hybridized carbons (Fsp3) is 0.381. The molecule has 6 nitrogen and oxygen atoms in total.